The summed E-state index contributed by atoms with van der Waals surface area (Å²) in [6, 6.07) is 53.5. The van der Waals surface area contributed by atoms with Gasteiger partial charge in [-0.05, 0) is 49.9 Å². The standard InChI is InChI=1S/2C29H28O6/c2*1-3-33-27(31)29(28(32)34-4-2)23(24(30)20-14-8-5-9-15-20)25(21-16-10-6-11-17-21)35-26(29)22-18-12-7-13-19-22/h2*5-19,23,25-26H,3-4H2,1-2H3/t2*23-,25+,26-/m11/s1. The minimum Gasteiger partial charge on any atom is -0.465 e. The third-order valence-electron chi connectivity index (χ3n) is 12.6. The van der Waals surface area contributed by atoms with Crippen molar-refractivity contribution in [2.75, 3.05) is 26.4 Å². The normalized spacial score (nSPS) is 20.7. The van der Waals surface area contributed by atoms with E-state index in [-0.39, 0.29) is 38.0 Å². The van der Waals surface area contributed by atoms with E-state index >= 15 is 0 Å². The number of hydrogen-bond acceptors (Lipinski definition) is 12. The van der Waals surface area contributed by atoms with Crippen LogP contribution in [0.1, 0.15) is 95.1 Å². The van der Waals surface area contributed by atoms with E-state index in [0.717, 1.165) is 0 Å². The van der Waals surface area contributed by atoms with Crippen molar-refractivity contribution in [2.24, 2.45) is 22.7 Å². The zero-order valence-corrected chi connectivity index (χ0v) is 39.5. The van der Waals surface area contributed by atoms with Gasteiger partial charge in [0, 0.05) is 11.1 Å². The topological polar surface area (TPSA) is 158 Å². The van der Waals surface area contributed by atoms with Crippen LogP contribution < -0.4 is 0 Å². The summed E-state index contributed by atoms with van der Waals surface area (Å²) < 4.78 is 34.9. The summed E-state index contributed by atoms with van der Waals surface area (Å²) >= 11 is 0. The van der Waals surface area contributed by atoms with Gasteiger partial charge in [0.2, 0.25) is 10.8 Å². The Hall–Kier alpha value is -7.54. The van der Waals surface area contributed by atoms with Crippen molar-refractivity contribution in [3.63, 3.8) is 0 Å². The fourth-order valence-electron chi connectivity index (χ4n) is 9.59. The number of ketones is 2. The Labute approximate surface area is 407 Å². The van der Waals surface area contributed by atoms with Gasteiger partial charge in [0.15, 0.2) is 11.6 Å². The maximum Gasteiger partial charge on any atom is 0.327 e. The summed E-state index contributed by atoms with van der Waals surface area (Å²) in [5.74, 6) is -6.54. The van der Waals surface area contributed by atoms with Crippen LogP contribution in [0.15, 0.2) is 182 Å². The number of carbonyl (C=O) groups is 6. The molecule has 8 rings (SSSR count). The lowest BCUT2D eigenvalue weighted by Gasteiger charge is -2.33. The molecule has 2 saturated heterocycles. The Morgan fingerprint density at radius 3 is 0.829 bits per heavy atom. The molecule has 0 aliphatic carbocycles. The maximum absolute atomic E-state index is 14.1. The Balaban J connectivity index is 0.000000206. The van der Waals surface area contributed by atoms with Crippen LogP contribution in [-0.2, 0) is 47.6 Å². The zero-order chi connectivity index (χ0) is 49.7. The summed E-state index contributed by atoms with van der Waals surface area (Å²) in [5, 5.41) is 0. The van der Waals surface area contributed by atoms with Crippen LogP contribution in [0.2, 0.25) is 0 Å². The van der Waals surface area contributed by atoms with Crippen LogP contribution in [0, 0.1) is 22.7 Å². The van der Waals surface area contributed by atoms with E-state index in [1.54, 1.807) is 137 Å². The molecular weight excluding hydrogens is 889 g/mol. The van der Waals surface area contributed by atoms with Crippen molar-refractivity contribution in [1.82, 2.24) is 0 Å². The highest BCUT2D eigenvalue weighted by Crippen LogP contribution is 2.61. The van der Waals surface area contributed by atoms with E-state index in [1.165, 1.54) is 0 Å². The predicted octanol–water partition coefficient (Wildman–Crippen LogP) is 10.2. The lowest BCUT2D eigenvalue weighted by molar-refractivity contribution is -0.180. The average Bonchev–Trinajstić information content (AvgIpc) is 3.97. The van der Waals surface area contributed by atoms with Crippen molar-refractivity contribution in [3.05, 3.63) is 215 Å². The zero-order valence-electron chi connectivity index (χ0n) is 39.5. The van der Waals surface area contributed by atoms with Gasteiger partial charge in [-0.15, -0.1) is 0 Å². The summed E-state index contributed by atoms with van der Waals surface area (Å²) in [6.45, 7) is 6.76. The number of hydrogen-bond donors (Lipinski definition) is 0. The van der Waals surface area contributed by atoms with E-state index in [0.29, 0.717) is 33.4 Å². The van der Waals surface area contributed by atoms with Crippen molar-refractivity contribution < 1.29 is 57.2 Å². The van der Waals surface area contributed by atoms with E-state index < -0.39 is 71.0 Å². The van der Waals surface area contributed by atoms with E-state index in [1.807, 2.05) is 72.8 Å². The molecule has 2 aliphatic rings. The Morgan fingerprint density at radius 2 is 0.586 bits per heavy atom. The summed E-state index contributed by atoms with van der Waals surface area (Å²) in [7, 11) is 0. The quantitative estimate of drug-likeness (QED) is 0.0392. The van der Waals surface area contributed by atoms with Gasteiger partial charge in [0.05, 0.1) is 50.5 Å². The van der Waals surface area contributed by atoms with Gasteiger partial charge in [-0.25, -0.2) is 0 Å². The highest BCUT2D eigenvalue weighted by atomic mass is 16.6. The Morgan fingerprint density at radius 1 is 0.357 bits per heavy atom. The first-order chi connectivity index (χ1) is 34.1. The molecule has 6 aromatic carbocycles. The van der Waals surface area contributed by atoms with Gasteiger partial charge >= 0.3 is 23.9 Å². The molecule has 0 N–H and O–H groups in total. The van der Waals surface area contributed by atoms with Gasteiger partial charge < -0.3 is 28.4 Å². The molecule has 360 valence electrons. The average molecular weight is 945 g/mol. The van der Waals surface area contributed by atoms with Gasteiger partial charge in [0.1, 0.15) is 12.2 Å². The Kier molecular flexibility index (Phi) is 16.7. The highest BCUT2D eigenvalue weighted by Gasteiger charge is 2.72. The van der Waals surface area contributed by atoms with Crippen molar-refractivity contribution in [1.29, 1.82) is 0 Å². The van der Waals surface area contributed by atoms with Crippen LogP contribution in [0.5, 0.6) is 0 Å². The highest BCUT2D eigenvalue weighted by molar-refractivity contribution is 6.12. The molecule has 12 nitrogen and oxygen atoms in total. The molecule has 0 spiro atoms. The number of rotatable bonds is 16. The molecule has 0 aromatic heterocycles. The second-order valence-electron chi connectivity index (χ2n) is 16.6. The third kappa shape index (κ3) is 9.70. The van der Waals surface area contributed by atoms with Crippen LogP contribution in [-0.4, -0.2) is 61.9 Å². The molecular formula is C58H56O12. The summed E-state index contributed by atoms with van der Waals surface area (Å²) in [6.07, 6.45) is -3.96. The van der Waals surface area contributed by atoms with Crippen LogP contribution in [0.3, 0.4) is 0 Å². The SMILES string of the molecule is CCOC(=O)C1(C(=O)OCC)[C@@H](c2ccccc2)O[C@@H](c2ccccc2)[C@H]1C(=O)c1ccccc1.CCOC(=O)C1(C(=O)OCC)[C@@H](c2ccccc2)O[C@@H](c2ccccc2)[C@H]1C(=O)c1ccccc1. The molecule has 6 aromatic rings. The second kappa shape index (κ2) is 23.2. The van der Waals surface area contributed by atoms with E-state index in [4.69, 9.17) is 28.4 Å². The van der Waals surface area contributed by atoms with Crippen LogP contribution in [0.4, 0.5) is 0 Å². The Bertz CT molecular complexity index is 2470. The third-order valence-corrected chi connectivity index (χ3v) is 12.6. The first-order valence-corrected chi connectivity index (χ1v) is 23.5. The summed E-state index contributed by atoms with van der Waals surface area (Å²) in [4.78, 5) is 83.6. The first kappa shape index (κ1) is 50.3. The van der Waals surface area contributed by atoms with Gasteiger partial charge in [-0.2, -0.15) is 0 Å². The molecule has 0 radical (unpaired) electrons. The number of carbonyl (C=O) groups excluding carboxylic acids is 6. The second-order valence-corrected chi connectivity index (χ2v) is 16.6. The number of Topliss-reactive ketones (excluding diaryl/α,β-unsaturated/α-hetero) is 2. The lowest BCUT2D eigenvalue weighted by atomic mass is 9.66. The number of ether oxygens (including phenoxy) is 6. The molecule has 0 unspecified atom stereocenters. The van der Waals surface area contributed by atoms with E-state index in [9.17, 15) is 28.8 Å². The fourth-order valence-corrected chi connectivity index (χ4v) is 9.59. The largest absolute Gasteiger partial charge is 0.465 e. The summed E-state index contributed by atoms with van der Waals surface area (Å²) in [5.41, 5.74) is -0.823. The van der Waals surface area contributed by atoms with Gasteiger partial charge in [0.25, 0.3) is 0 Å². The van der Waals surface area contributed by atoms with Crippen LogP contribution in [0.25, 0.3) is 0 Å². The van der Waals surface area contributed by atoms with Crippen molar-refractivity contribution in [2.45, 2.75) is 52.1 Å². The smallest absolute Gasteiger partial charge is 0.327 e. The van der Waals surface area contributed by atoms with Crippen molar-refractivity contribution >= 4 is 35.4 Å². The minimum atomic E-state index is -2.04. The molecule has 12 heteroatoms. The van der Waals surface area contributed by atoms with Crippen LogP contribution >= 0.6 is 0 Å². The predicted molar refractivity (Wildman–Crippen MR) is 259 cm³/mol. The minimum absolute atomic E-state index is 0.0315. The number of benzene rings is 6. The maximum atomic E-state index is 14.1. The molecule has 2 fully saturated rings. The molecule has 6 atom stereocenters. The molecule has 0 amide bonds. The molecule has 0 bridgehead atoms. The van der Waals surface area contributed by atoms with Gasteiger partial charge in [-0.3, -0.25) is 28.8 Å². The molecule has 2 heterocycles. The molecule has 0 saturated carbocycles. The molecule has 2 aliphatic heterocycles. The monoisotopic (exact) mass is 944 g/mol. The molecule has 70 heavy (non-hydrogen) atoms. The number of esters is 4. The first-order valence-electron chi connectivity index (χ1n) is 23.5. The lowest BCUT2D eigenvalue weighted by Crippen LogP contribution is -2.51. The van der Waals surface area contributed by atoms with E-state index in [2.05, 4.69) is 0 Å². The van der Waals surface area contributed by atoms with Gasteiger partial charge in [-0.1, -0.05) is 182 Å². The van der Waals surface area contributed by atoms with Crippen molar-refractivity contribution in [3.8, 4) is 0 Å². The fraction of sp³-hybridized carbons (Fsp3) is 0.276.